The smallest absolute Gasteiger partial charge is 0.329 e. The van der Waals surface area contributed by atoms with Crippen LogP contribution in [-0.2, 0) is 4.79 Å². The van der Waals surface area contributed by atoms with Crippen molar-refractivity contribution in [3.05, 3.63) is 75.2 Å². The lowest BCUT2D eigenvalue weighted by Gasteiger charge is -2.37. The number of amides is 1. The molecule has 0 unspecified atom stereocenters. The van der Waals surface area contributed by atoms with E-state index in [9.17, 15) is 18.8 Å². The largest absolute Gasteiger partial charge is 0.368 e. The molecular formula is C22H23FN4O3. The zero-order chi connectivity index (χ0) is 21.3. The number of hydrogen-bond donors (Lipinski definition) is 1. The van der Waals surface area contributed by atoms with Crippen LogP contribution >= 0.6 is 0 Å². The molecule has 0 aliphatic carbocycles. The van der Waals surface area contributed by atoms with Gasteiger partial charge in [-0.25, -0.2) is 13.8 Å². The SMILES string of the molecule is CC[C@@H](C(=O)N1CCN(c2ccc(F)cc2)CC1)n1c(=O)[nH]c2ccccc2c1=O. The van der Waals surface area contributed by atoms with Crippen molar-refractivity contribution in [3.8, 4) is 0 Å². The van der Waals surface area contributed by atoms with Crippen LogP contribution in [-0.4, -0.2) is 46.5 Å². The van der Waals surface area contributed by atoms with Crippen LogP contribution in [0.1, 0.15) is 19.4 Å². The Labute approximate surface area is 172 Å². The minimum absolute atomic E-state index is 0.237. The Morgan fingerprint density at radius 1 is 1.03 bits per heavy atom. The van der Waals surface area contributed by atoms with Gasteiger partial charge in [0, 0.05) is 31.9 Å². The maximum atomic E-state index is 13.2. The number of benzene rings is 2. The number of piperazine rings is 1. The number of H-pyrrole nitrogens is 1. The predicted octanol–water partition coefficient (Wildman–Crippen LogP) is 2.13. The summed E-state index contributed by atoms with van der Waals surface area (Å²) in [4.78, 5) is 45.2. The van der Waals surface area contributed by atoms with Gasteiger partial charge in [0.1, 0.15) is 11.9 Å². The third-order valence-corrected chi connectivity index (χ3v) is 5.60. The highest BCUT2D eigenvalue weighted by Gasteiger charge is 2.30. The zero-order valence-electron chi connectivity index (χ0n) is 16.7. The van der Waals surface area contributed by atoms with Gasteiger partial charge in [-0.05, 0) is 42.8 Å². The monoisotopic (exact) mass is 410 g/mol. The number of nitrogens with zero attached hydrogens (tertiary/aromatic N) is 3. The lowest BCUT2D eigenvalue weighted by molar-refractivity contribution is -0.135. The fourth-order valence-electron chi connectivity index (χ4n) is 3.97. The molecule has 7 nitrogen and oxygen atoms in total. The summed E-state index contributed by atoms with van der Waals surface area (Å²) in [6.45, 7) is 3.91. The van der Waals surface area contributed by atoms with Gasteiger partial charge in [0.15, 0.2) is 0 Å². The van der Waals surface area contributed by atoms with Crippen molar-refractivity contribution >= 4 is 22.5 Å². The maximum Gasteiger partial charge on any atom is 0.329 e. The molecule has 1 saturated heterocycles. The summed E-state index contributed by atoms with van der Waals surface area (Å²) in [5.74, 6) is -0.525. The van der Waals surface area contributed by atoms with E-state index in [-0.39, 0.29) is 11.7 Å². The van der Waals surface area contributed by atoms with Gasteiger partial charge in [-0.2, -0.15) is 0 Å². The van der Waals surface area contributed by atoms with Gasteiger partial charge in [0.25, 0.3) is 5.56 Å². The summed E-state index contributed by atoms with van der Waals surface area (Å²) in [6.07, 6.45) is 0.332. The van der Waals surface area contributed by atoms with Crippen LogP contribution in [0.15, 0.2) is 58.1 Å². The van der Waals surface area contributed by atoms with Gasteiger partial charge in [-0.1, -0.05) is 19.1 Å². The summed E-state index contributed by atoms with van der Waals surface area (Å²) in [5.41, 5.74) is 0.319. The summed E-state index contributed by atoms with van der Waals surface area (Å²) < 4.78 is 14.2. The summed E-state index contributed by atoms with van der Waals surface area (Å²) in [5, 5.41) is 0.379. The van der Waals surface area contributed by atoms with Gasteiger partial charge in [0.2, 0.25) is 5.91 Å². The van der Waals surface area contributed by atoms with E-state index < -0.39 is 17.3 Å². The van der Waals surface area contributed by atoms with E-state index in [1.165, 1.54) is 12.1 Å². The molecule has 0 saturated carbocycles. The Hall–Kier alpha value is -3.42. The molecule has 1 aromatic heterocycles. The molecule has 0 bridgehead atoms. The standard InChI is InChI=1S/C22H23FN4O3/c1-2-19(27-20(28)17-5-3-4-6-18(17)24-22(27)30)21(29)26-13-11-25(12-14-26)16-9-7-15(23)8-10-16/h3-10,19H,2,11-14H2,1H3,(H,24,30)/t19-/m0/s1. The predicted molar refractivity (Wildman–Crippen MR) is 113 cm³/mol. The van der Waals surface area contributed by atoms with Crippen molar-refractivity contribution in [1.82, 2.24) is 14.5 Å². The topological polar surface area (TPSA) is 78.4 Å². The Morgan fingerprint density at radius 2 is 1.70 bits per heavy atom. The van der Waals surface area contributed by atoms with Crippen LogP contribution in [0.2, 0.25) is 0 Å². The van der Waals surface area contributed by atoms with Crippen molar-refractivity contribution < 1.29 is 9.18 Å². The normalized spacial score (nSPS) is 15.4. The number of carbonyl (C=O) groups is 1. The van der Waals surface area contributed by atoms with Crippen LogP contribution in [0.4, 0.5) is 10.1 Å². The van der Waals surface area contributed by atoms with Gasteiger partial charge >= 0.3 is 5.69 Å². The number of halogens is 1. The van der Waals surface area contributed by atoms with E-state index in [0.29, 0.717) is 43.5 Å². The Kier molecular flexibility index (Phi) is 5.39. The van der Waals surface area contributed by atoms with Crippen LogP contribution in [0, 0.1) is 5.82 Å². The highest BCUT2D eigenvalue weighted by atomic mass is 19.1. The lowest BCUT2D eigenvalue weighted by Crippen LogP contribution is -2.52. The highest BCUT2D eigenvalue weighted by Crippen LogP contribution is 2.19. The summed E-state index contributed by atoms with van der Waals surface area (Å²) in [6, 6.07) is 12.2. The second kappa shape index (κ2) is 8.14. The van der Waals surface area contributed by atoms with Crippen LogP contribution in [0.3, 0.4) is 0 Å². The molecule has 1 amide bonds. The number of rotatable bonds is 4. The number of fused-ring (bicyclic) bond motifs is 1. The Balaban J connectivity index is 1.56. The van der Waals surface area contributed by atoms with Gasteiger partial charge in [0.05, 0.1) is 10.9 Å². The van der Waals surface area contributed by atoms with Crippen molar-refractivity contribution in [1.29, 1.82) is 0 Å². The second-order valence-electron chi connectivity index (χ2n) is 7.36. The molecule has 156 valence electrons. The minimum Gasteiger partial charge on any atom is -0.368 e. The number of anilines is 1. The van der Waals surface area contributed by atoms with Crippen molar-refractivity contribution in [2.75, 3.05) is 31.1 Å². The van der Waals surface area contributed by atoms with E-state index in [4.69, 9.17) is 0 Å². The third-order valence-electron chi connectivity index (χ3n) is 5.60. The second-order valence-corrected chi connectivity index (χ2v) is 7.36. The molecule has 8 heteroatoms. The zero-order valence-corrected chi connectivity index (χ0v) is 16.7. The first-order chi connectivity index (χ1) is 14.5. The maximum absolute atomic E-state index is 13.2. The molecule has 1 aliphatic rings. The third kappa shape index (κ3) is 3.60. The van der Waals surface area contributed by atoms with E-state index in [1.54, 1.807) is 48.2 Å². The van der Waals surface area contributed by atoms with Crippen LogP contribution in [0.25, 0.3) is 10.9 Å². The van der Waals surface area contributed by atoms with Gasteiger partial charge in [-0.15, -0.1) is 0 Å². The van der Waals surface area contributed by atoms with E-state index in [1.807, 2.05) is 0 Å². The number of carbonyl (C=O) groups excluding carboxylic acids is 1. The fraction of sp³-hybridized carbons (Fsp3) is 0.318. The Bertz CT molecular complexity index is 1180. The first-order valence-corrected chi connectivity index (χ1v) is 10.0. The quantitative estimate of drug-likeness (QED) is 0.715. The average molecular weight is 410 g/mol. The molecule has 4 rings (SSSR count). The van der Waals surface area contributed by atoms with E-state index in [2.05, 4.69) is 9.88 Å². The number of para-hydroxylation sites is 1. The minimum atomic E-state index is -0.858. The van der Waals surface area contributed by atoms with Crippen molar-refractivity contribution in [2.45, 2.75) is 19.4 Å². The highest BCUT2D eigenvalue weighted by molar-refractivity contribution is 5.82. The molecule has 3 aromatic rings. The van der Waals surface area contributed by atoms with Gasteiger partial charge in [-0.3, -0.25) is 9.59 Å². The first-order valence-electron chi connectivity index (χ1n) is 10.0. The average Bonchev–Trinajstić information content (AvgIpc) is 2.77. The van der Waals surface area contributed by atoms with Crippen molar-refractivity contribution in [2.24, 2.45) is 0 Å². The molecule has 2 aromatic carbocycles. The lowest BCUT2D eigenvalue weighted by atomic mass is 10.1. The summed E-state index contributed by atoms with van der Waals surface area (Å²) in [7, 11) is 0. The molecular weight excluding hydrogens is 387 g/mol. The molecule has 1 N–H and O–H groups in total. The fourth-order valence-corrected chi connectivity index (χ4v) is 3.97. The molecule has 1 aliphatic heterocycles. The number of aromatic nitrogens is 2. The van der Waals surface area contributed by atoms with Gasteiger partial charge < -0.3 is 14.8 Å². The van der Waals surface area contributed by atoms with E-state index in [0.717, 1.165) is 10.3 Å². The van der Waals surface area contributed by atoms with Crippen LogP contribution in [0.5, 0.6) is 0 Å². The number of aromatic amines is 1. The van der Waals surface area contributed by atoms with Crippen molar-refractivity contribution in [3.63, 3.8) is 0 Å². The molecule has 1 fully saturated rings. The number of hydrogen-bond acceptors (Lipinski definition) is 4. The van der Waals surface area contributed by atoms with E-state index >= 15 is 0 Å². The molecule has 1 atom stereocenters. The molecule has 30 heavy (non-hydrogen) atoms. The first kappa shape index (κ1) is 19.9. The molecule has 2 heterocycles. The number of nitrogens with one attached hydrogen (secondary N) is 1. The molecule has 0 spiro atoms. The molecule has 0 radical (unpaired) electrons. The van der Waals surface area contributed by atoms with Crippen LogP contribution < -0.4 is 16.1 Å². The summed E-state index contributed by atoms with van der Waals surface area (Å²) >= 11 is 0. The Morgan fingerprint density at radius 3 is 2.37 bits per heavy atom.